The summed E-state index contributed by atoms with van der Waals surface area (Å²) in [4.78, 5) is 31.8. The van der Waals surface area contributed by atoms with Crippen molar-refractivity contribution in [3.05, 3.63) is 60.4 Å². The number of ketones is 1. The molecule has 0 radical (unpaired) electrons. The number of hydrogen-bond acceptors (Lipinski definition) is 5. The Kier molecular flexibility index (Phi) is 4.86. The summed E-state index contributed by atoms with van der Waals surface area (Å²) in [5.74, 6) is 0.165. The van der Waals surface area contributed by atoms with Gasteiger partial charge in [0.1, 0.15) is 11.4 Å². The standard InChI is InChI=1S/C18H15N3O2S/c1-12(22)21-14-8-6-13(7-9-14)17(23)10-24-18-15-4-2-3-5-16(15)19-11-20-18/h2-9,11H,10H2,1H3,(H,21,22). The van der Waals surface area contributed by atoms with Gasteiger partial charge in [-0.25, -0.2) is 9.97 Å². The zero-order valence-electron chi connectivity index (χ0n) is 13.0. The number of para-hydroxylation sites is 1. The number of fused-ring (bicyclic) bond motifs is 1. The number of amides is 1. The summed E-state index contributed by atoms with van der Waals surface area (Å²) in [6.45, 7) is 1.45. The van der Waals surface area contributed by atoms with Crippen LogP contribution in [0.2, 0.25) is 0 Å². The van der Waals surface area contributed by atoms with Gasteiger partial charge in [-0.15, -0.1) is 0 Å². The van der Waals surface area contributed by atoms with E-state index in [1.165, 1.54) is 25.0 Å². The van der Waals surface area contributed by atoms with Crippen molar-refractivity contribution in [2.75, 3.05) is 11.1 Å². The van der Waals surface area contributed by atoms with Crippen molar-refractivity contribution < 1.29 is 9.59 Å². The van der Waals surface area contributed by atoms with E-state index in [-0.39, 0.29) is 11.7 Å². The van der Waals surface area contributed by atoms with Gasteiger partial charge >= 0.3 is 0 Å². The van der Waals surface area contributed by atoms with Gasteiger partial charge in [0.15, 0.2) is 5.78 Å². The summed E-state index contributed by atoms with van der Waals surface area (Å²) in [5.41, 5.74) is 2.14. The number of Topliss-reactive ketones (excluding diaryl/α,β-unsaturated/α-hetero) is 1. The van der Waals surface area contributed by atoms with Gasteiger partial charge in [0.05, 0.1) is 11.3 Å². The van der Waals surface area contributed by atoms with Crippen molar-refractivity contribution in [3.63, 3.8) is 0 Å². The molecular formula is C18H15N3O2S. The molecule has 1 N–H and O–H groups in total. The lowest BCUT2D eigenvalue weighted by atomic mass is 10.1. The molecule has 0 saturated heterocycles. The molecule has 0 fully saturated rings. The lowest BCUT2D eigenvalue weighted by Gasteiger charge is -2.05. The number of benzene rings is 2. The lowest BCUT2D eigenvalue weighted by Crippen LogP contribution is -2.07. The number of carbonyl (C=O) groups excluding carboxylic acids is 2. The molecule has 24 heavy (non-hydrogen) atoms. The van der Waals surface area contributed by atoms with Gasteiger partial charge in [-0.1, -0.05) is 30.0 Å². The van der Waals surface area contributed by atoms with Crippen LogP contribution >= 0.6 is 11.8 Å². The average Bonchev–Trinajstić information content (AvgIpc) is 2.59. The Bertz CT molecular complexity index is 889. The monoisotopic (exact) mass is 337 g/mol. The first-order valence-corrected chi connectivity index (χ1v) is 8.35. The van der Waals surface area contributed by atoms with Crippen LogP contribution in [0.4, 0.5) is 5.69 Å². The van der Waals surface area contributed by atoms with Crippen molar-refractivity contribution in [2.45, 2.75) is 11.9 Å². The Balaban J connectivity index is 1.69. The van der Waals surface area contributed by atoms with Gasteiger partial charge in [-0.2, -0.15) is 0 Å². The van der Waals surface area contributed by atoms with Crippen molar-refractivity contribution in [2.24, 2.45) is 0 Å². The number of nitrogens with one attached hydrogen (secondary N) is 1. The first-order chi connectivity index (χ1) is 11.6. The van der Waals surface area contributed by atoms with Crippen LogP contribution in [0, 0.1) is 0 Å². The number of anilines is 1. The van der Waals surface area contributed by atoms with Crippen LogP contribution in [-0.4, -0.2) is 27.4 Å². The third kappa shape index (κ3) is 3.78. The van der Waals surface area contributed by atoms with Crippen molar-refractivity contribution in [1.29, 1.82) is 0 Å². The molecule has 0 spiro atoms. The van der Waals surface area contributed by atoms with E-state index in [2.05, 4.69) is 15.3 Å². The van der Waals surface area contributed by atoms with Gasteiger partial charge < -0.3 is 5.32 Å². The smallest absolute Gasteiger partial charge is 0.221 e. The van der Waals surface area contributed by atoms with E-state index in [0.717, 1.165) is 15.9 Å². The maximum absolute atomic E-state index is 12.3. The number of thioether (sulfide) groups is 1. The molecule has 0 aliphatic heterocycles. The molecule has 0 bridgehead atoms. The maximum Gasteiger partial charge on any atom is 0.221 e. The summed E-state index contributed by atoms with van der Waals surface area (Å²) in [7, 11) is 0. The molecule has 1 aromatic heterocycles. The Labute approximate surface area is 143 Å². The quantitative estimate of drug-likeness (QED) is 0.438. The first kappa shape index (κ1) is 16.1. The third-order valence-corrected chi connectivity index (χ3v) is 4.38. The highest BCUT2D eigenvalue weighted by atomic mass is 32.2. The van der Waals surface area contributed by atoms with E-state index in [4.69, 9.17) is 0 Å². The average molecular weight is 337 g/mol. The summed E-state index contributed by atoms with van der Waals surface area (Å²) in [5, 5.41) is 4.42. The van der Waals surface area contributed by atoms with E-state index in [1.54, 1.807) is 24.3 Å². The summed E-state index contributed by atoms with van der Waals surface area (Å²) < 4.78 is 0. The summed E-state index contributed by atoms with van der Waals surface area (Å²) in [6.07, 6.45) is 1.51. The van der Waals surface area contributed by atoms with Crippen LogP contribution in [0.25, 0.3) is 10.9 Å². The number of carbonyl (C=O) groups is 2. The van der Waals surface area contributed by atoms with Gasteiger partial charge in [-0.3, -0.25) is 9.59 Å². The topological polar surface area (TPSA) is 72.0 Å². The van der Waals surface area contributed by atoms with E-state index in [0.29, 0.717) is 17.0 Å². The molecule has 5 nitrogen and oxygen atoms in total. The Morgan fingerprint density at radius 3 is 2.54 bits per heavy atom. The molecular weight excluding hydrogens is 322 g/mol. The van der Waals surface area contributed by atoms with Gasteiger partial charge in [-0.05, 0) is 30.3 Å². The first-order valence-electron chi connectivity index (χ1n) is 7.37. The maximum atomic E-state index is 12.3. The molecule has 0 aliphatic carbocycles. The fraction of sp³-hybridized carbons (Fsp3) is 0.111. The van der Waals surface area contributed by atoms with Gasteiger partial charge in [0.2, 0.25) is 5.91 Å². The highest BCUT2D eigenvalue weighted by Crippen LogP contribution is 2.25. The van der Waals surface area contributed by atoms with Gasteiger partial charge in [0, 0.05) is 23.6 Å². The molecule has 3 aromatic rings. The second-order valence-electron chi connectivity index (χ2n) is 5.17. The van der Waals surface area contributed by atoms with E-state index >= 15 is 0 Å². The van der Waals surface area contributed by atoms with Crippen molar-refractivity contribution in [1.82, 2.24) is 9.97 Å². The van der Waals surface area contributed by atoms with Crippen LogP contribution in [0.5, 0.6) is 0 Å². The van der Waals surface area contributed by atoms with E-state index in [1.807, 2.05) is 24.3 Å². The predicted molar refractivity (Wildman–Crippen MR) is 95.3 cm³/mol. The molecule has 3 rings (SSSR count). The Morgan fingerprint density at radius 1 is 1.04 bits per heavy atom. The number of hydrogen-bond donors (Lipinski definition) is 1. The molecule has 0 atom stereocenters. The summed E-state index contributed by atoms with van der Waals surface area (Å²) >= 11 is 1.40. The normalized spacial score (nSPS) is 10.5. The number of rotatable bonds is 5. The molecule has 120 valence electrons. The van der Waals surface area contributed by atoms with Crippen molar-refractivity contribution in [3.8, 4) is 0 Å². The molecule has 1 amide bonds. The molecule has 6 heteroatoms. The highest BCUT2D eigenvalue weighted by Gasteiger charge is 2.10. The number of aromatic nitrogens is 2. The SMILES string of the molecule is CC(=O)Nc1ccc(C(=O)CSc2ncnc3ccccc23)cc1. The minimum Gasteiger partial charge on any atom is -0.326 e. The fourth-order valence-corrected chi connectivity index (χ4v) is 3.14. The van der Waals surface area contributed by atoms with Crippen LogP contribution in [0.1, 0.15) is 17.3 Å². The minimum atomic E-state index is -0.139. The molecule has 0 unspecified atom stereocenters. The zero-order valence-corrected chi connectivity index (χ0v) is 13.8. The lowest BCUT2D eigenvalue weighted by molar-refractivity contribution is -0.114. The minimum absolute atomic E-state index is 0.0112. The molecule has 2 aromatic carbocycles. The largest absolute Gasteiger partial charge is 0.326 e. The fourth-order valence-electron chi connectivity index (χ4n) is 2.26. The van der Waals surface area contributed by atoms with Crippen molar-refractivity contribution >= 4 is 40.0 Å². The van der Waals surface area contributed by atoms with Crippen LogP contribution in [0.3, 0.4) is 0 Å². The second kappa shape index (κ2) is 7.23. The molecule has 0 aliphatic rings. The zero-order chi connectivity index (χ0) is 16.9. The molecule has 1 heterocycles. The Morgan fingerprint density at radius 2 is 1.79 bits per heavy atom. The third-order valence-electron chi connectivity index (χ3n) is 3.37. The highest BCUT2D eigenvalue weighted by molar-refractivity contribution is 8.00. The predicted octanol–water partition coefficient (Wildman–Crippen LogP) is 3.56. The Hall–Kier alpha value is -2.73. The molecule has 0 saturated carbocycles. The van der Waals surface area contributed by atoms with Gasteiger partial charge in [0.25, 0.3) is 0 Å². The van der Waals surface area contributed by atoms with Crippen LogP contribution in [0.15, 0.2) is 59.9 Å². The summed E-state index contributed by atoms with van der Waals surface area (Å²) in [6, 6.07) is 14.6. The second-order valence-corrected chi connectivity index (χ2v) is 6.13. The van der Waals surface area contributed by atoms with E-state index < -0.39 is 0 Å². The number of nitrogens with zero attached hydrogens (tertiary/aromatic N) is 2. The van der Waals surface area contributed by atoms with Crippen LogP contribution in [-0.2, 0) is 4.79 Å². The van der Waals surface area contributed by atoms with Crippen LogP contribution < -0.4 is 5.32 Å². The van der Waals surface area contributed by atoms with E-state index in [9.17, 15) is 9.59 Å².